The fraction of sp³-hybridized carbons (Fsp3) is 0.462. The molecule has 2 saturated heterocycles. The average molecular weight is 219 g/mol. The molecule has 2 nitrogen and oxygen atoms in total. The van der Waals surface area contributed by atoms with E-state index in [0.717, 1.165) is 18.5 Å². The number of benzene rings is 1. The van der Waals surface area contributed by atoms with Gasteiger partial charge in [-0.15, -0.1) is 0 Å². The van der Waals surface area contributed by atoms with Crippen LogP contribution in [0.5, 0.6) is 0 Å². The molecule has 0 saturated carbocycles. The van der Waals surface area contributed by atoms with Crippen LogP contribution in [0.1, 0.15) is 25.7 Å². The number of rotatable bonds is 1. The zero-order valence-corrected chi connectivity index (χ0v) is 9.03. The van der Waals surface area contributed by atoms with Gasteiger partial charge in [-0.25, -0.2) is 4.39 Å². The number of carbonyl (C=O) groups is 1. The van der Waals surface area contributed by atoms with Crippen LogP contribution in [0.15, 0.2) is 24.3 Å². The van der Waals surface area contributed by atoms with E-state index in [4.69, 9.17) is 0 Å². The third kappa shape index (κ3) is 1.51. The highest BCUT2D eigenvalue weighted by Crippen LogP contribution is 2.37. The first-order chi connectivity index (χ1) is 7.74. The molecule has 2 fully saturated rings. The zero-order chi connectivity index (χ0) is 11.1. The van der Waals surface area contributed by atoms with E-state index >= 15 is 0 Å². The van der Waals surface area contributed by atoms with E-state index in [1.807, 2.05) is 12.1 Å². The molecule has 2 heterocycles. The second-order valence-corrected chi connectivity index (χ2v) is 4.72. The van der Waals surface area contributed by atoms with Crippen molar-refractivity contribution >= 4 is 11.5 Å². The lowest BCUT2D eigenvalue weighted by molar-refractivity contribution is -0.120. The molecule has 84 valence electrons. The van der Waals surface area contributed by atoms with E-state index in [2.05, 4.69) is 4.90 Å². The summed E-state index contributed by atoms with van der Waals surface area (Å²) in [6.45, 7) is 0. The molecule has 3 rings (SSSR count). The lowest BCUT2D eigenvalue weighted by Crippen LogP contribution is -2.43. The smallest absolute Gasteiger partial charge is 0.137 e. The van der Waals surface area contributed by atoms with Crippen LogP contribution in [0, 0.1) is 5.82 Å². The summed E-state index contributed by atoms with van der Waals surface area (Å²) in [4.78, 5) is 13.8. The number of piperidine rings is 1. The van der Waals surface area contributed by atoms with E-state index < -0.39 is 0 Å². The van der Waals surface area contributed by atoms with Crippen molar-refractivity contribution in [3.8, 4) is 0 Å². The lowest BCUT2D eigenvalue weighted by Gasteiger charge is -2.36. The van der Waals surface area contributed by atoms with Gasteiger partial charge in [-0.2, -0.15) is 0 Å². The predicted molar refractivity (Wildman–Crippen MR) is 59.9 cm³/mol. The molecule has 2 bridgehead atoms. The molecule has 0 radical (unpaired) electrons. The summed E-state index contributed by atoms with van der Waals surface area (Å²) >= 11 is 0. The van der Waals surface area contributed by atoms with Crippen molar-refractivity contribution in [2.24, 2.45) is 0 Å². The van der Waals surface area contributed by atoms with Gasteiger partial charge >= 0.3 is 0 Å². The molecule has 0 amide bonds. The maximum atomic E-state index is 12.9. The number of Topliss-reactive ketones (excluding diaryl/α,β-unsaturated/α-hetero) is 1. The third-order valence-corrected chi connectivity index (χ3v) is 3.67. The van der Waals surface area contributed by atoms with Gasteiger partial charge in [0.2, 0.25) is 0 Å². The Morgan fingerprint density at radius 2 is 1.62 bits per heavy atom. The molecule has 0 aliphatic carbocycles. The van der Waals surface area contributed by atoms with Crippen LogP contribution in [-0.4, -0.2) is 17.9 Å². The lowest BCUT2D eigenvalue weighted by atomic mass is 10.0. The van der Waals surface area contributed by atoms with Crippen molar-refractivity contribution in [1.29, 1.82) is 0 Å². The van der Waals surface area contributed by atoms with Crippen LogP contribution in [0.3, 0.4) is 0 Å². The van der Waals surface area contributed by atoms with Gasteiger partial charge in [0.15, 0.2) is 0 Å². The molecule has 2 aliphatic rings. The van der Waals surface area contributed by atoms with Crippen LogP contribution in [0.2, 0.25) is 0 Å². The summed E-state index contributed by atoms with van der Waals surface area (Å²) in [6, 6.07) is 7.30. The van der Waals surface area contributed by atoms with Gasteiger partial charge in [0.1, 0.15) is 11.6 Å². The quantitative estimate of drug-likeness (QED) is 0.723. The van der Waals surface area contributed by atoms with Crippen LogP contribution in [0.25, 0.3) is 0 Å². The van der Waals surface area contributed by atoms with Gasteiger partial charge in [0, 0.05) is 30.6 Å². The minimum atomic E-state index is -0.204. The number of fused-ring (bicyclic) bond motifs is 2. The van der Waals surface area contributed by atoms with Crippen LogP contribution >= 0.6 is 0 Å². The Labute approximate surface area is 94.1 Å². The first-order valence-electron chi connectivity index (χ1n) is 5.79. The normalized spacial score (nSPS) is 28.6. The Morgan fingerprint density at radius 3 is 2.19 bits per heavy atom. The van der Waals surface area contributed by atoms with Crippen molar-refractivity contribution < 1.29 is 9.18 Å². The van der Waals surface area contributed by atoms with E-state index in [1.165, 1.54) is 12.1 Å². The van der Waals surface area contributed by atoms with Crippen LogP contribution < -0.4 is 4.90 Å². The number of carbonyl (C=O) groups excluding carboxylic acids is 1. The Kier molecular flexibility index (Phi) is 2.20. The topological polar surface area (TPSA) is 20.3 Å². The standard InChI is InChI=1S/C13H14FNO/c14-9-1-3-10(4-2-9)15-11-5-6-12(15)8-13(16)7-11/h1-4,11-12H,5-8H2. The SMILES string of the molecule is O=C1CC2CCC(C1)N2c1ccc(F)cc1. The Morgan fingerprint density at radius 1 is 1.06 bits per heavy atom. The molecule has 0 spiro atoms. The summed E-state index contributed by atoms with van der Waals surface area (Å²) in [5.41, 5.74) is 1.06. The molecule has 2 atom stereocenters. The minimum Gasteiger partial charge on any atom is -0.365 e. The fourth-order valence-corrected chi connectivity index (χ4v) is 3.01. The van der Waals surface area contributed by atoms with Crippen molar-refractivity contribution in [2.75, 3.05) is 4.90 Å². The van der Waals surface area contributed by atoms with Gasteiger partial charge in [-0.05, 0) is 37.1 Å². The molecule has 16 heavy (non-hydrogen) atoms. The predicted octanol–water partition coefficient (Wildman–Crippen LogP) is 2.53. The molecular formula is C13H14FNO. The Bertz CT molecular complexity index is 398. The molecular weight excluding hydrogens is 205 g/mol. The van der Waals surface area contributed by atoms with E-state index in [9.17, 15) is 9.18 Å². The van der Waals surface area contributed by atoms with Crippen LogP contribution in [0.4, 0.5) is 10.1 Å². The molecule has 0 aromatic heterocycles. The Balaban J connectivity index is 1.90. The highest BCUT2D eigenvalue weighted by atomic mass is 19.1. The van der Waals surface area contributed by atoms with Crippen molar-refractivity contribution in [2.45, 2.75) is 37.8 Å². The van der Waals surface area contributed by atoms with E-state index in [1.54, 1.807) is 0 Å². The van der Waals surface area contributed by atoms with Gasteiger partial charge in [0.05, 0.1) is 0 Å². The van der Waals surface area contributed by atoms with Crippen molar-refractivity contribution in [3.63, 3.8) is 0 Å². The average Bonchev–Trinajstić information content (AvgIpc) is 2.54. The second kappa shape index (κ2) is 3.58. The van der Waals surface area contributed by atoms with Gasteiger partial charge < -0.3 is 4.90 Å². The first-order valence-corrected chi connectivity index (χ1v) is 5.79. The summed E-state index contributed by atoms with van der Waals surface area (Å²) < 4.78 is 12.9. The number of hydrogen-bond donors (Lipinski definition) is 0. The van der Waals surface area contributed by atoms with E-state index in [0.29, 0.717) is 30.7 Å². The highest BCUT2D eigenvalue weighted by Gasteiger charge is 2.39. The highest BCUT2D eigenvalue weighted by molar-refractivity contribution is 5.83. The van der Waals surface area contributed by atoms with Crippen LogP contribution in [-0.2, 0) is 4.79 Å². The number of anilines is 1. The van der Waals surface area contributed by atoms with Gasteiger partial charge in [-0.1, -0.05) is 0 Å². The molecule has 0 N–H and O–H groups in total. The molecule has 1 aromatic rings. The fourth-order valence-electron chi connectivity index (χ4n) is 3.01. The van der Waals surface area contributed by atoms with E-state index in [-0.39, 0.29) is 5.82 Å². The van der Waals surface area contributed by atoms with Gasteiger partial charge in [0.25, 0.3) is 0 Å². The molecule has 2 aliphatic heterocycles. The number of hydrogen-bond acceptors (Lipinski definition) is 2. The largest absolute Gasteiger partial charge is 0.365 e. The molecule has 3 heteroatoms. The summed E-state index contributed by atoms with van der Waals surface area (Å²) in [7, 11) is 0. The first kappa shape index (κ1) is 9.82. The Hall–Kier alpha value is -1.38. The van der Waals surface area contributed by atoms with Crippen molar-refractivity contribution in [3.05, 3.63) is 30.1 Å². The number of nitrogens with zero attached hydrogens (tertiary/aromatic N) is 1. The zero-order valence-electron chi connectivity index (χ0n) is 9.03. The third-order valence-electron chi connectivity index (χ3n) is 3.67. The molecule has 1 aromatic carbocycles. The summed E-state index contributed by atoms with van der Waals surface area (Å²) in [5, 5.41) is 0. The maximum Gasteiger partial charge on any atom is 0.137 e. The maximum absolute atomic E-state index is 12.9. The summed E-state index contributed by atoms with van der Waals surface area (Å²) in [5.74, 6) is 0.176. The molecule has 2 unspecified atom stereocenters. The number of ketones is 1. The monoisotopic (exact) mass is 219 g/mol. The second-order valence-electron chi connectivity index (χ2n) is 4.72. The van der Waals surface area contributed by atoms with Crippen molar-refractivity contribution in [1.82, 2.24) is 0 Å². The van der Waals surface area contributed by atoms with Gasteiger partial charge in [-0.3, -0.25) is 4.79 Å². The number of halogens is 1. The minimum absolute atomic E-state index is 0.204. The summed E-state index contributed by atoms with van der Waals surface area (Å²) in [6.07, 6.45) is 3.50.